The molecule has 102 valence electrons. The first kappa shape index (κ1) is 16.2. The monoisotopic (exact) mass is 247 g/mol. The van der Waals surface area contributed by atoms with Crippen LogP contribution < -0.4 is 5.32 Å². The number of alkyl carbamates (subject to hydrolysis) is 1. The van der Waals surface area contributed by atoms with Gasteiger partial charge in [0.15, 0.2) is 0 Å². The minimum Gasteiger partial charge on any atom is -0.444 e. The van der Waals surface area contributed by atoms with Crippen molar-refractivity contribution in [1.82, 2.24) is 5.32 Å². The molecule has 0 saturated heterocycles. The Morgan fingerprint density at radius 3 is 2.06 bits per heavy atom. The number of rotatable bonds is 4. The fourth-order valence-electron chi connectivity index (χ4n) is 0.965. The zero-order valence-corrected chi connectivity index (χ0v) is 11.7. The molecule has 1 atom stereocenters. The maximum Gasteiger partial charge on any atom is 0.408 e. The number of hydrogen-bond donors (Lipinski definition) is 2. The molecule has 17 heavy (non-hydrogen) atoms. The standard InChI is InChI=1S/C12H25NO4/c1-11(2,3)16-8-9(7-14)13-10(15)17-12(4,5)6/h9,14H,7-8H2,1-6H3,(H,13,15)/t9-/m0/s1. The second kappa shape index (κ2) is 6.21. The van der Waals surface area contributed by atoms with Gasteiger partial charge in [-0.1, -0.05) is 0 Å². The summed E-state index contributed by atoms with van der Waals surface area (Å²) in [5, 5.41) is 11.7. The van der Waals surface area contributed by atoms with Crippen molar-refractivity contribution < 1.29 is 19.4 Å². The Labute approximate surface area is 103 Å². The van der Waals surface area contributed by atoms with Crippen LogP contribution in [0.2, 0.25) is 0 Å². The van der Waals surface area contributed by atoms with Gasteiger partial charge in [-0.2, -0.15) is 0 Å². The van der Waals surface area contributed by atoms with E-state index in [2.05, 4.69) is 5.32 Å². The Morgan fingerprint density at radius 2 is 1.71 bits per heavy atom. The summed E-state index contributed by atoms with van der Waals surface area (Å²) in [6.45, 7) is 11.2. The van der Waals surface area contributed by atoms with Crippen LogP contribution in [0.3, 0.4) is 0 Å². The Kier molecular flexibility index (Phi) is 5.92. The van der Waals surface area contributed by atoms with Crippen molar-refractivity contribution in [2.45, 2.75) is 58.8 Å². The first-order valence-corrected chi connectivity index (χ1v) is 5.78. The summed E-state index contributed by atoms with van der Waals surface area (Å²) in [4.78, 5) is 11.5. The minimum atomic E-state index is -0.547. The Hall–Kier alpha value is -0.810. The van der Waals surface area contributed by atoms with Crippen LogP contribution in [0.5, 0.6) is 0 Å². The van der Waals surface area contributed by atoms with E-state index in [1.165, 1.54) is 0 Å². The van der Waals surface area contributed by atoms with Gasteiger partial charge in [-0.3, -0.25) is 0 Å². The molecule has 2 N–H and O–H groups in total. The van der Waals surface area contributed by atoms with Gasteiger partial charge in [-0.05, 0) is 41.5 Å². The number of hydrogen-bond acceptors (Lipinski definition) is 4. The minimum absolute atomic E-state index is 0.185. The van der Waals surface area contributed by atoms with Gasteiger partial charge in [-0.25, -0.2) is 4.79 Å². The summed E-state index contributed by atoms with van der Waals surface area (Å²) in [5.74, 6) is 0. The summed E-state index contributed by atoms with van der Waals surface area (Å²) in [6, 6.07) is -0.455. The third kappa shape index (κ3) is 10.1. The highest BCUT2D eigenvalue weighted by molar-refractivity contribution is 5.68. The predicted octanol–water partition coefficient (Wildman–Crippen LogP) is 1.69. The van der Waals surface area contributed by atoms with E-state index in [1.54, 1.807) is 20.8 Å². The SMILES string of the molecule is CC(C)(C)OC[C@H](CO)NC(=O)OC(C)(C)C. The van der Waals surface area contributed by atoms with Crippen molar-refractivity contribution in [1.29, 1.82) is 0 Å². The first-order chi connectivity index (χ1) is 7.53. The second-order valence-corrected chi connectivity index (χ2v) is 5.95. The largest absolute Gasteiger partial charge is 0.444 e. The highest BCUT2D eigenvalue weighted by atomic mass is 16.6. The number of aliphatic hydroxyl groups excluding tert-OH is 1. The molecule has 0 aliphatic rings. The maximum atomic E-state index is 11.5. The lowest BCUT2D eigenvalue weighted by molar-refractivity contribution is -0.0239. The van der Waals surface area contributed by atoms with Gasteiger partial charge in [0.05, 0.1) is 24.9 Å². The highest BCUT2D eigenvalue weighted by Gasteiger charge is 2.20. The smallest absolute Gasteiger partial charge is 0.408 e. The van der Waals surface area contributed by atoms with Crippen LogP contribution in [-0.4, -0.2) is 41.7 Å². The molecule has 0 unspecified atom stereocenters. The van der Waals surface area contributed by atoms with E-state index in [1.807, 2.05) is 20.8 Å². The number of aliphatic hydroxyl groups is 1. The van der Waals surface area contributed by atoms with Crippen molar-refractivity contribution in [3.05, 3.63) is 0 Å². The number of carbonyl (C=O) groups is 1. The summed E-state index contributed by atoms with van der Waals surface area (Å²) in [5.41, 5.74) is -0.849. The Morgan fingerprint density at radius 1 is 1.18 bits per heavy atom. The molecule has 5 nitrogen and oxygen atoms in total. The number of ether oxygens (including phenoxy) is 2. The molecule has 0 aromatic heterocycles. The van der Waals surface area contributed by atoms with E-state index < -0.39 is 17.7 Å². The fourth-order valence-corrected chi connectivity index (χ4v) is 0.965. The molecular weight excluding hydrogens is 222 g/mol. The van der Waals surface area contributed by atoms with Gasteiger partial charge in [0.1, 0.15) is 5.60 Å². The number of carbonyl (C=O) groups excluding carboxylic acids is 1. The molecule has 1 amide bonds. The van der Waals surface area contributed by atoms with Crippen molar-refractivity contribution >= 4 is 6.09 Å². The van der Waals surface area contributed by atoms with Gasteiger partial charge in [0.2, 0.25) is 0 Å². The highest BCUT2D eigenvalue weighted by Crippen LogP contribution is 2.09. The average molecular weight is 247 g/mol. The van der Waals surface area contributed by atoms with Crippen LogP contribution in [0, 0.1) is 0 Å². The van der Waals surface area contributed by atoms with Gasteiger partial charge in [-0.15, -0.1) is 0 Å². The van der Waals surface area contributed by atoms with Crippen LogP contribution in [0.4, 0.5) is 4.79 Å². The van der Waals surface area contributed by atoms with Crippen LogP contribution >= 0.6 is 0 Å². The van der Waals surface area contributed by atoms with Crippen LogP contribution in [0.25, 0.3) is 0 Å². The van der Waals surface area contributed by atoms with Crippen molar-refractivity contribution in [2.24, 2.45) is 0 Å². The molecule has 0 fully saturated rings. The molecule has 0 aliphatic carbocycles. The van der Waals surface area contributed by atoms with Crippen molar-refractivity contribution in [3.63, 3.8) is 0 Å². The molecule has 0 saturated carbocycles. The zero-order valence-electron chi connectivity index (χ0n) is 11.7. The van der Waals surface area contributed by atoms with Crippen LogP contribution in [0.1, 0.15) is 41.5 Å². The lowest BCUT2D eigenvalue weighted by Gasteiger charge is -2.25. The van der Waals surface area contributed by atoms with E-state index in [-0.39, 0.29) is 18.8 Å². The molecule has 0 spiro atoms. The maximum absolute atomic E-state index is 11.5. The van der Waals surface area contributed by atoms with Gasteiger partial charge < -0.3 is 19.9 Å². The molecule has 0 aliphatic heterocycles. The molecule has 0 radical (unpaired) electrons. The quantitative estimate of drug-likeness (QED) is 0.793. The van der Waals surface area contributed by atoms with Gasteiger partial charge in [0.25, 0.3) is 0 Å². The summed E-state index contributed by atoms with van der Waals surface area (Å²) < 4.78 is 10.6. The number of nitrogens with one attached hydrogen (secondary N) is 1. The van der Waals surface area contributed by atoms with Crippen LogP contribution in [-0.2, 0) is 9.47 Å². The molecule has 0 rings (SSSR count). The third-order valence-electron chi connectivity index (χ3n) is 1.66. The Bertz CT molecular complexity index is 240. The second-order valence-electron chi connectivity index (χ2n) is 5.95. The molecule has 0 aromatic rings. The molecule has 0 bridgehead atoms. The third-order valence-corrected chi connectivity index (χ3v) is 1.66. The van der Waals surface area contributed by atoms with E-state index in [0.29, 0.717) is 0 Å². The van der Waals surface area contributed by atoms with Crippen LogP contribution in [0.15, 0.2) is 0 Å². The lowest BCUT2D eigenvalue weighted by Crippen LogP contribution is -2.44. The topological polar surface area (TPSA) is 67.8 Å². The average Bonchev–Trinajstić information content (AvgIpc) is 2.07. The summed E-state index contributed by atoms with van der Waals surface area (Å²) in [6.07, 6.45) is -0.547. The van der Waals surface area contributed by atoms with E-state index in [0.717, 1.165) is 0 Å². The Balaban J connectivity index is 4.09. The van der Waals surface area contributed by atoms with E-state index in [9.17, 15) is 4.79 Å². The number of amides is 1. The van der Waals surface area contributed by atoms with Gasteiger partial charge >= 0.3 is 6.09 Å². The predicted molar refractivity (Wildman–Crippen MR) is 65.9 cm³/mol. The normalized spacial score (nSPS) is 14.3. The summed E-state index contributed by atoms with van der Waals surface area (Å²) >= 11 is 0. The molecule has 0 heterocycles. The van der Waals surface area contributed by atoms with Crippen molar-refractivity contribution in [3.8, 4) is 0 Å². The summed E-state index contributed by atoms with van der Waals surface area (Å²) in [7, 11) is 0. The molecular formula is C12H25NO4. The van der Waals surface area contributed by atoms with Gasteiger partial charge in [0, 0.05) is 0 Å². The van der Waals surface area contributed by atoms with Crippen molar-refractivity contribution in [2.75, 3.05) is 13.2 Å². The molecule has 5 heteroatoms. The fraction of sp³-hybridized carbons (Fsp3) is 0.917. The van der Waals surface area contributed by atoms with E-state index >= 15 is 0 Å². The zero-order chi connectivity index (χ0) is 13.7. The first-order valence-electron chi connectivity index (χ1n) is 5.78. The molecule has 0 aromatic carbocycles. The lowest BCUT2D eigenvalue weighted by atomic mass is 10.2. The van der Waals surface area contributed by atoms with E-state index in [4.69, 9.17) is 14.6 Å².